The first-order valence-electron chi connectivity index (χ1n) is 19.5. The Kier molecular flexibility index (Phi) is 8.23. The molecule has 0 bridgehead atoms. The molecule has 9 aromatic rings. The zero-order valence-electron chi connectivity index (χ0n) is 31.7. The van der Waals surface area contributed by atoms with Crippen molar-refractivity contribution in [2.75, 3.05) is 4.90 Å². The lowest BCUT2D eigenvalue weighted by Gasteiger charge is -2.28. The Labute approximate surface area is 329 Å². The summed E-state index contributed by atoms with van der Waals surface area (Å²) in [5.74, 6) is 0. The molecular weight excluding hydrogens is 675 g/mol. The van der Waals surface area contributed by atoms with Crippen LogP contribution in [0.3, 0.4) is 0 Å². The molecule has 56 heavy (non-hydrogen) atoms. The first-order chi connectivity index (χ1) is 27.5. The van der Waals surface area contributed by atoms with E-state index in [4.69, 9.17) is 0 Å². The lowest BCUT2D eigenvalue weighted by Crippen LogP contribution is -2.16. The summed E-state index contributed by atoms with van der Waals surface area (Å²) in [6, 6.07) is 77.5. The highest BCUT2D eigenvalue weighted by Crippen LogP contribution is 2.51. The molecule has 1 nitrogen and oxygen atoms in total. The van der Waals surface area contributed by atoms with Crippen LogP contribution in [0.1, 0.15) is 25.0 Å². The summed E-state index contributed by atoms with van der Waals surface area (Å²) < 4.78 is 0. The Hall–Kier alpha value is -6.96. The third-order valence-corrected chi connectivity index (χ3v) is 11.7. The van der Waals surface area contributed by atoms with Crippen LogP contribution in [0.5, 0.6) is 0 Å². The molecule has 0 unspecified atom stereocenters. The highest BCUT2D eigenvalue weighted by atomic mass is 15.1. The van der Waals surface area contributed by atoms with Crippen LogP contribution < -0.4 is 4.90 Å². The van der Waals surface area contributed by atoms with Gasteiger partial charge in [0.15, 0.2) is 0 Å². The fraction of sp³-hybridized carbons (Fsp3) is 0.0545. The predicted octanol–water partition coefficient (Wildman–Crippen LogP) is 15.3. The quantitative estimate of drug-likeness (QED) is 0.159. The van der Waals surface area contributed by atoms with Gasteiger partial charge in [-0.3, -0.25) is 0 Å². The smallest absolute Gasteiger partial charge is 0.0465 e. The molecule has 0 atom stereocenters. The monoisotopic (exact) mass is 715 g/mol. The summed E-state index contributed by atoms with van der Waals surface area (Å²) in [4.78, 5) is 2.38. The molecule has 0 fully saturated rings. The van der Waals surface area contributed by atoms with E-state index in [1.165, 1.54) is 77.5 Å². The second-order valence-electron chi connectivity index (χ2n) is 15.4. The van der Waals surface area contributed by atoms with Gasteiger partial charge in [0, 0.05) is 22.5 Å². The number of nitrogens with zero attached hydrogens (tertiary/aromatic N) is 1. The third kappa shape index (κ3) is 5.99. The summed E-state index contributed by atoms with van der Waals surface area (Å²) in [5, 5.41) is 2.54. The number of fused-ring (bicyclic) bond motifs is 4. The van der Waals surface area contributed by atoms with Crippen molar-refractivity contribution in [1.29, 1.82) is 0 Å². The average molecular weight is 716 g/mol. The van der Waals surface area contributed by atoms with Crippen molar-refractivity contribution in [2.45, 2.75) is 19.3 Å². The summed E-state index contributed by atoms with van der Waals surface area (Å²) in [5.41, 5.74) is 18.4. The first-order valence-corrected chi connectivity index (χ1v) is 19.5. The number of anilines is 3. The van der Waals surface area contributed by atoms with Gasteiger partial charge in [-0.05, 0) is 132 Å². The van der Waals surface area contributed by atoms with E-state index in [2.05, 4.69) is 231 Å². The lowest BCUT2D eigenvalue weighted by molar-refractivity contribution is 0.660. The van der Waals surface area contributed by atoms with Gasteiger partial charge in [-0.1, -0.05) is 172 Å². The molecule has 266 valence electrons. The van der Waals surface area contributed by atoms with E-state index < -0.39 is 0 Å². The summed E-state index contributed by atoms with van der Waals surface area (Å²) in [6.45, 7) is 4.75. The van der Waals surface area contributed by atoms with E-state index in [0.29, 0.717) is 0 Å². The number of rotatable bonds is 7. The average Bonchev–Trinajstić information content (AvgIpc) is 3.49. The molecule has 0 aromatic heterocycles. The van der Waals surface area contributed by atoms with Crippen LogP contribution in [-0.2, 0) is 5.41 Å². The Balaban J connectivity index is 0.963. The van der Waals surface area contributed by atoms with E-state index in [1.54, 1.807) is 0 Å². The van der Waals surface area contributed by atoms with Gasteiger partial charge >= 0.3 is 0 Å². The van der Waals surface area contributed by atoms with E-state index in [0.717, 1.165) is 17.1 Å². The summed E-state index contributed by atoms with van der Waals surface area (Å²) in [7, 11) is 0. The molecule has 0 spiro atoms. The number of hydrogen-bond donors (Lipinski definition) is 0. The maximum atomic E-state index is 2.42. The van der Waals surface area contributed by atoms with Gasteiger partial charge in [-0.25, -0.2) is 0 Å². The summed E-state index contributed by atoms with van der Waals surface area (Å²) in [6.07, 6.45) is 0. The molecule has 0 N–H and O–H groups in total. The van der Waals surface area contributed by atoms with E-state index in [-0.39, 0.29) is 5.41 Å². The number of hydrogen-bond acceptors (Lipinski definition) is 1. The second-order valence-corrected chi connectivity index (χ2v) is 15.4. The molecule has 0 aliphatic heterocycles. The minimum absolute atomic E-state index is 0.169. The van der Waals surface area contributed by atoms with Crippen LogP contribution in [0.15, 0.2) is 212 Å². The highest BCUT2D eigenvalue weighted by Gasteiger charge is 2.36. The van der Waals surface area contributed by atoms with Crippen LogP contribution in [0.4, 0.5) is 17.1 Å². The lowest BCUT2D eigenvalue weighted by atomic mass is 9.81. The molecule has 0 radical (unpaired) electrons. The van der Waals surface area contributed by atoms with Crippen molar-refractivity contribution < 1.29 is 0 Å². The fourth-order valence-electron chi connectivity index (χ4n) is 8.60. The Morgan fingerprint density at radius 3 is 1.39 bits per heavy atom. The van der Waals surface area contributed by atoms with E-state index in [9.17, 15) is 0 Å². The van der Waals surface area contributed by atoms with Crippen LogP contribution in [-0.4, -0.2) is 0 Å². The maximum Gasteiger partial charge on any atom is 0.0465 e. The van der Waals surface area contributed by atoms with Gasteiger partial charge in [0.05, 0.1) is 0 Å². The van der Waals surface area contributed by atoms with Crippen LogP contribution in [0.2, 0.25) is 0 Å². The minimum Gasteiger partial charge on any atom is -0.310 e. The fourth-order valence-corrected chi connectivity index (χ4v) is 8.60. The van der Waals surface area contributed by atoms with Gasteiger partial charge in [-0.2, -0.15) is 0 Å². The van der Waals surface area contributed by atoms with Gasteiger partial charge in [-0.15, -0.1) is 0 Å². The van der Waals surface area contributed by atoms with Crippen molar-refractivity contribution in [2.24, 2.45) is 0 Å². The Morgan fingerprint density at radius 1 is 0.286 bits per heavy atom. The molecule has 10 rings (SSSR count). The molecule has 0 saturated carbocycles. The standard InChI is InChI=1S/C55H41N/c1-55(2)53-36-47(41-22-20-40(21-23-41)46-25-24-39-14-9-10-15-43(39)35-46)28-32-51(53)52-33-31-50(37-54(52)55)56(48-18-7-4-8-19-48)49-29-26-42(27-30-49)45-17-11-16-44(34-45)38-12-5-3-6-13-38/h3-37H,1-2H3. The van der Waals surface area contributed by atoms with Crippen molar-refractivity contribution in [1.82, 2.24) is 0 Å². The van der Waals surface area contributed by atoms with Gasteiger partial charge in [0.1, 0.15) is 0 Å². The van der Waals surface area contributed by atoms with Gasteiger partial charge in [0.2, 0.25) is 0 Å². The van der Waals surface area contributed by atoms with Crippen LogP contribution >= 0.6 is 0 Å². The number of benzene rings is 9. The molecule has 0 amide bonds. The highest BCUT2D eigenvalue weighted by molar-refractivity contribution is 5.89. The van der Waals surface area contributed by atoms with Crippen molar-refractivity contribution in [3.63, 3.8) is 0 Å². The molecule has 1 heteroatoms. The first kappa shape index (κ1) is 33.6. The maximum absolute atomic E-state index is 2.42. The Bertz CT molecular complexity index is 2850. The number of para-hydroxylation sites is 1. The second kappa shape index (κ2) is 13.7. The topological polar surface area (TPSA) is 3.24 Å². The van der Waals surface area contributed by atoms with Crippen molar-refractivity contribution >= 4 is 27.8 Å². The van der Waals surface area contributed by atoms with Crippen molar-refractivity contribution in [3.8, 4) is 55.6 Å². The van der Waals surface area contributed by atoms with Gasteiger partial charge in [0.25, 0.3) is 0 Å². The largest absolute Gasteiger partial charge is 0.310 e. The molecule has 0 heterocycles. The Morgan fingerprint density at radius 2 is 0.714 bits per heavy atom. The van der Waals surface area contributed by atoms with Gasteiger partial charge < -0.3 is 4.90 Å². The SMILES string of the molecule is CC1(C)c2cc(-c3ccc(-c4ccc5ccccc5c4)cc3)ccc2-c2ccc(N(c3ccccc3)c3ccc(-c4cccc(-c5ccccc5)c4)cc3)cc21. The van der Waals surface area contributed by atoms with Crippen molar-refractivity contribution in [3.05, 3.63) is 223 Å². The third-order valence-electron chi connectivity index (χ3n) is 11.7. The van der Waals surface area contributed by atoms with Crippen LogP contribution in [0, 0.1) is 0 Å². The molecular formula is C55H41N. The van der Waals surface area contributed by atoms with E-state index in [1.807, 2.05) is 0 Å². The zero-order valence-corrected chi connectivity index (χ0v) is 31.7. The van der Waals surface area contributed by atoms with E-state index >= 15 is 0 Å². The molecule has 9 aromatic carbocycles. The zero-order chi connectivity index (χ0) is 37.6. The molecule has 1 aliphatic rings. The molecule has 0 saturated heterocycles. The molecule has 1 aliphatic carbocycles. The summed E-state index contributed by atoms with van der Waals surface area (Å²) >= 11 is 0. The predicted molar refractivity (Wildman–Crippen MR) is 238 cm³/mol. The van der Waals surface area contributed by atoms with Crippen LogP contribution in [0.25, 0.3) is 66.4 Å². The normalized spacial score (nSPS) is 12.6. The minimum atomic E-state index is -0.169.